The quantitative estimate of drug-likeness (QED) is 0.559. The number of nitrogens with zero attached hydrogens (tertiary/aromatic N) is 4. The summed E-state index contributed by atoms with van der Waals surface area (Å²) in [5.74, 6) is 0.884. The van der Waals surface area contributed by atoms with Crippen LogP contribution in [0.2, 0.25) is 0 Å². The number of aromatic nitrogens is 3. The van der Waals surface area contributed by atoms with Crippen LogP contribution in [0.5, 0.6) is 0 Å². The summed E-state index contributed by atoms with van der Waals surface area (Å²) in [6.45, 7) is 11.1. The van der Waals surface area contributed by atoms with E-state index in [1.807, 2.05) is 30.6 Å². The van der Waals surface area contributed by atoms with E-state index in [2.05, 4.69) is 51.3 Å². The molecule has 0 aliphatic carbocycles. The third-order valence-electron chi connectivity index (χ3n) is 4.73. The van der Waals surface area contributed by atoms with Crippen molar-refractivity contribution in [1.82, 2.24) is 25.0 Å². The highest BCUT2D eigenvalue weighted by Crippen LogP contribution is 2.23. The first-order valence-electron chi connectivity index (χ1n) is 9.31. The monoisotopic (exact) mass is 385 g/mol. The van der Waals surface area contributed by atoms with Gasteiger partial charge in [-0.05, 0) is 25.8 Å². The first-order chi connectivity index (χ1) is 13.1. The lowest BCUT2D eigenvalue weighted by atomic mass is 10.2. The average molecular weight is 386 g/mol. The maximum Gasteiger partial charge on any atom is 0.233 e. The van der Waals surface area contributed by atoms with Gasteiger partial charge in [0.1, 0.15) is 5.82 Å². The van der Waals surface area contributed by atoms with Crippen LogP contribution in [0, 0.1) is 6.92 Å². The highest BCUT2D eigenvalue weighted by atomic mass is 32.2. The zero-order valence-electron chi connectivity index (χ0n) is 16.0. The number of benzene rings is 1. The van der Waals surface area contributed by atoms with Crippen LogP contribution in [0.3, 0.4) is 0 Å². The molecule has 2 heterocycles. The van der Waals surface area contributed by atoms with Gasteiger partial charge < -0.3 is 9.88 Å². The van der Waals surface area contributed by atoms with Gasteiger partial charge in [-0.2, -0.15) is 0 Å². The molecular formula is C20H27N5OS. The summed E-state index contributed by atoms with van der Waals surface area (Å²) in [6, 6.07) is 10.7. The summed E-state index contributed by atoms with van der Waals surface area (Å²) in [5, 5.41) is 12.0. The highest BCUT2D eigenvalue weighted by molar-refractivity contribution is 8.00. The molecule has 1 aromatic carbocycles. The molecule has 2 atom stereocenters. The smallest absolute Gasteiger partial charge is 0.233 e. The van der Waals surface area contributed by atoms with Gasteiger partial charge in [-0.1, -0.05) is 48.2 Å². The standard InChI is InChI=1S/C20H27N5OS/c1-4-11-25-16(3)22-23-20(25)27-15(2)19(26)21-18-10-12-24(14-18)13-17-8-6-5-7-9-17/h4-9,15,18H,1,10-14H2,2-3H3,(H,21,26). The van der Waals surface area contributed by atoms with E-state index in [4.69, 9.17) is 0 Å². The third kappa shape index (κ3) is 5.20. The predicted octanol–water partition coefficient (Wildman–Crippen LogP) is 2.64. The third-order valence-corrected chi connectivity index (χ3v) is 5.81. The Morgan fingerprint density at radius 2 is 2.19 bits per heavy atom. The number of amides is 1. The van der Waals surface area contributed by atoms with Gasteiger partial charge in [0.2, 0.25) is 5.91 Å². The number of carbonyl (C=O) groups excluding carboxylic acids is 1. The van der Waals surface area contributed by atoms with E-state index in [-0.39, 0.29) is 17.2 Å². The number of likely N-dealkylation sites (tertiary alicyclic amines) is 1. The zero-order chi connectivity index (χ0) is 19.2. The molecule has 0 spiro atoms. The van der Waals surface area contributed by atoms with Gasteiger partial charge in [0, 0.05) is 32.2 Å². The van der Waals surface area contributed by atoms with E-state index < -0.39 is 0 Å². The van der Waals surface area contributed by atoms with Gasteiger partial charge in [-0.25, -0.2) is 0 Å². The Morgan fingerprint density at radius 3 is 2.93 bits per heavy atom. The molecule has 1 fully saturated rings. The van der Waals surface area contributed by atoms with Gasteiger partial charge in [-0.15, -0.1) is 16.8 Å². The summed E-state index contributed by atoms with van der Waals surface area (Å²) in [6.07, 6.45) is 2.80. The van der Waals surface area contributed by atoms with Crippen LogP contribution < -0.4 is 5.32 Å². The second kappa shape index (κ2) is 9.19. The van der Waals surface area contributed by atoms with Gasteiger partial charge >= 0.3 is 0 Å². The lowest BCUT2D eigenvalue weighted by Crippen LogP contribution is -2.40. The minimum Gasteiger partial charge on any atom is -0.351 e. The minimum absolute atomic E-state index is 0.0531. The molecule has 7 heteroatoms. The molecule has 2 unspecified atom stereocenters. The van der Waals surface area contributed by atoms with Gasteiger partial charge in [0.05, 0.1) is 5.25 Å². The Morgan fingerprint density at radius 1 is 1.41 bits per heavy atom. The Bertz CT molecular complexity index is 776. The molecule has 6 nitrogen and oxygen atoms in total. The topological polar surface area (TPSA) is 63.1 Å². The second-order valence-corrected chi connectivity index (χ2v) is 8.21. The Kier molecular flexibility index (Phi) is 6.68. The fraction of sp³-hybridized carbons (Fsp3) is 0.450. The van der Waals surface area contributed by atoms with Crippen LogP contribution in [0.4, 0.5) is 0 Å². The molecule has 1 aromatic heterocycles. The molecule has 0 radical (unpaired) electrons. The number of carbonyl (C=O) groups is 1. The average Bonchev–Trinajstić information content (AvgIpc) is 3.24. The summed E-state index contributed by atoms with van der Waals surface area (Å²) < 4.78 is 1.97. The van der Waals surface area contributed by atoms with Crippen molar-refractivity contribution in [3.8, 4) is 0 Å². The second-order valence-electron chi connectivity index (χ2n) is 6.90. The first-order valence-corrected chi connectivity index (χ1v) is 10.2. The van der Waals surface area contributed by atoms with Crippen LogP contribution in [-0.4, -0.2) is 50.0 Å². The fourth-order valence-electron chi connectivity index (χ4n) is 3.25. The lowest BCUT2D eigenvalue weighted by molar-refractivity contribution is -0.120. The van der Waals surface area contributed by atoms with E-state index in [9.17, 15) is 4.79 Å². The Labute approximate surface area is 165 Å². The molecule has 1 amide bonds. The van der Waals surface area contributed by atoms with Crippen LogP contribution in [0.25, 0.3) is 0 Å². The molecular weight excluding hydrogens is 358 g/mol. The van der Waals surface area contributed by atoms with Crippen LogP contribution >= 0.6 is 11.8 Å². The van der Waals surface area contributed by atoms with Gasteiger partial charge in [-0.3, -0.25) is 9.69 Å². The summed E-state index contributed by atoms with van der Waals surface area (Å²) in [7, 11) is 0. The number of aryl methyl sites for hydroxylation is 1. The summed E-state index contributed by atoms with van der Waals surface area (Å²) in [5.41, 5.74) is 1.31. The largest absolute Gasteiger partial charge is 0.351 e. The molecule has 2 aromatic rings. The Hall–Kier alpha value is -2.12. The Balaban J connectivity index is 1.49. The molecule has 27 heavy (non-hydrogen) atoms. The maximum atomic E-state index is 12.6. The molecule has 1 N–H and O–H groups in total. The summed E-state index contributed by atoms with van der Waals surface area (Å²) in [4.78, 5) is 15.0. The number of allylic oxidation sites excluding steroid dienone is 1. The fourth-order valence-corrected chi connectivity index (χ4v) is 4.17. The molecule has 144 valence electrons. The van der Waals surface area contributed by atoms with Crippen molar-refractivity contribution < 1.29 is 4.79 Å². The normalized spacial score (nSPS) is 18.4. The summed E-state index contributed by atoms with van der Waals surface area (Å²) >= 11 is 1.44. The van der Waals surface area contributed by atoms with Crippen molar-refractivity contribution in [2.24, 2.45) is 0 Å². The number of thioether (sulfide) groups is 1. The molecule has 0 saturated carbocycles. The molecule has 1 saturated heterocycles. The van der Waals surface area contributed by atoms with Gasteiger partial charge in [0.15, 0.2) is 5.16 Å². The van der Waals surface area contributed by atoms with E-state index >= 15 is 0 Å². The van der Waals surface area contributed by atoms with Crippen molar-refractivity contribution in [2.45, 2.75) is 49.8 Å². The van der Waals surface area contributed by atoms with E-state index in [0.717, 1.165) is 37.0 Å². The zero-order valence-corrected chi connectivity index (χ0v) is 16.8. The van der Waals surface area contributed by atoms with Crippen molar-refractivity contribution in [1.29, 1.82) is 0 Å². The predicted molar refractivity (Wildman–Crippen MR) is 109 cm³/mol. The molecule has 1 aliphatic rings. The SMILES string of the molecule is C=CCn1c(C)nnc1SC(C)C(=O)NC1CCN(Cc2ccccc2)C1. The number of rotatable bonds is 8. The first kappa shape index (κ1) is 19.6. The molecule has 3 rings (SSSR count). The van der Waals surface area contributed by atoms with Gasteiger partial charge in [0.25, 0.3) is 0 Å². The van der Waals surface area contributed by atoms with E-state index in [0.29, 0.717) is 6.54 Å². The van der Waals surface area contributed by atoms with Crippen LogP contribution in [0.15, 0.2) is 48.1 Å². The van der Waals surface area contributed by atoms with E-state index in [1.54, 1.807) is 0 Å². The van der Waals surface area contributed by atoms with E-state index in [1.165, 1.54) is 17.3 Å². The van der Waals surface area contributed by atoms with Crippen LogP contribution in [-0.2, 0) is 17.9 Å². The molecule has 0 bridgehead atoms. The highest BCUT2D eigenvalue weighted by Gasteiger charge is 2.26. The number of nitrogens with one attached hydrogen (secondary N) is 1. The van der Waals surface area contributed by atoms with Crippen molar-refractivity contribution in [2.75, 3.05) is 13.1 Å². The minimum atomic E-state index is -0.222. The van der Waals surface area contributed by atoms with Crippen molar-refractivity contribution in [3.63, 3.8) is 0 Å². The van der Waals surface area contributed by atoms with Crippen molar-refractivity contribution >= 4 is 17.7 Å². The number of hydrogen-bond donors (Lipinski definition) is 1. The maximum absolute atomic E-state index is 12.6. The molecule has 1 aliphatic heterocycles. The number of hydrogen-bond acceptors (Lipinski definition) is 5. The van der Waals surface area contributed by atoms with Crippen molar-refractivity contribution in [3.05, 3.63) is 54.4 Å². The van der Waals surface area contributed by atoms with Crippen LogP contribution in [0.1, 0.15) is 24.7 Å². The lowest BCUT2D eigenvalue weighted by Gasteiger charge is -2.18.